The van der Waals surface area contributed by atoms with Crippen LogP contribution in [0.4, 0.5) is 0 Å². The summed E-state index contributed by atoms with van der Waals surface area (Å²) in [5.74, 6) is 0.0412. The first kappa shape index (κ1) is 13.0. The third kappa shape index (κ3) is 3.80. The Balaban J connectivity index is 1.68. The summed E-state index contributed by atoms with van der Waals surface area (Å²) in [7, 11) is 0. The van der Waals surface area contributed by atoms with Crippen molar-refractivity contribution < 1.29 is 4.79 Å². The molecule has 18 heavy (non-hydrogen) atoms. The van der Waals surface area contributed by atoms with Crippen molar-refractivity contribution in [2.75, 3.05) is 6.54 Å². The molecule has 0 atom stereocenters. The molecule has 100 valence electrons. The van der Waals surface area contributed by atoms with Gasteiger partial charge in [0.1, 0.15) is 0 Å². The van der Waals surface area contributed by atoms with Gasteiger partial charge < -0.3 is 11.1 Å². The van der Waals surface area contributed by atoms with Crippen LogP contribution in [0.15, 0.2) is 12.4 Å². The monoisotopic (exact) mass is 251 g/mol. The lowest BCUT2D eigenvalue weighted by Gasteiger charge is -2.32. The minimum atomic E-state index is -0.282. The van der Waals surface area contributed by atoms with Gasteiger partial charge in [-0.2, -0.15) is 0 Å². The van der Waals surface area contributed by atoms with Crippen LogP contribution in [0.3, 0.4) is 0 Å². The third-order valence-corrected chi connectivity index (χ3v) is 3.50. The molecule has 6 heteroatoms. The number of nitrogens with one attached hydrogen (secondary N) is 1. The lowest BCUT2D eigenvalue weighted by atomic mass is 9.80. The number of aromatic nitrogens is 3. The summed E-state index contributed by atoms with van der Waals surface area (Å²) < 4.78 is 1.69. The van der Waals surface area contributed by atoms with E-state index in [1.807, 2.05) is 0 Å². The van der Waals surface area contributed by atoms with Crippen molar-refractivity contribution in [1.82, 2.24) is 20.3 Å². The summed E-state index contributed by atoms with van der Waals surface area (Å²) in [6.07, 6.45) is 9.28. The molecular weight excluding hydrogens is 230 g/mol. The van der Waals surface area contributed by atoms with E-state index in [4.69, 9.17) is 5.73 Å². The second-order valence-corrected chi connectivity index (χ2v) is 5.12. The first-order valence-electron chi connectivity index (χ1n) is 6.58. The van der Waals surface area contributed by atoms with Gasteiger partial charge in [0.25, 0.3) is 0 Å². The highest BCUT2D eigenvalue weighted by atomic mass is 16.1. The molecular formula is C12H21N5O. The maximum absolute atomic E-state index is 11.8. The topological polar surface area (TPSA) is 85.8 Å². The molecule has 1 aromatic heterocycles. The molecule has 1 amide bonds. The molecule has 3 N–H and O–H groups in total. The van der Waals surface area contributed by atoms with Crippen LogP contribution in [-0.2, 0) is 11.3 Å². The van der Waals surface area contributed by atoms with Crippen molar-refractivity contribution in [3.8, 4) is 0 Å². The fraction of sp³-hybridized carbons (Fsp3) is 0.750. The van der Waals surface area contributed by atoms with E-state index in [1.165, 1.54) is 6.42 Å². The van der Waals surface area contributed by atoms with Gasteiger partial charge in [0.15, 0.2) is 0 Å². The minimum absolute atomic E-state index is 0.0412. The molecule has 1 heterocycles. The molecule has 0 spiro atoms. The average molecular weight is 251 g/mol. The first-order chi connectivity index (χ1) is 8.68. The van der Waals surface area contributed by atoms with Crippen LogP contribution < -0.4 is 11.1 Å². The molecule has 0 aromatic carbocycles. The summed E-state index contributed by atoms with van der Waals surface area (Å²) in [6, 6.07) is 0. The van der Waals surface area contributed by atoms with Gasteiger partial charge in [0.05, 0.1) is 12.7 Å². The summed E-state index contributed by atoms with van der Waals surface area (Å²) in [5.41, 5.74) is 5.96. The van der Waals surface area contributed by atoms with Gasteiger partial charge in [0.2, 0.25) is 5.91 Å². The lowest BCUT2D eigenvalue weighted by Crippen LogP contribution is -2.46. The first-order valence-corrected chi connectivity index (χ1v) is 6.58. The Kier molecular flexibility index (Phi) is 4.30. The predicted molar refractivity (Wildman–Crippen MR) is 67.7 cm³/mol. The Bertz CT molecular complexity index is 370. The number of amides is 1. The summed E-state index contributed by atoms with van der Waals surface area (Å²) in [6.45, 7) is 1.21. The van der Waals surface area contributed by atoms with Crippen molar-refractivity contribution in [2.45, 2.75) is 50.6 Å². The molecule has 1 aromatic rings. The number of hydrogen-bond donors (Lipinski definition) is 2. The molecule has 0 saturated heterocycles. The standard InChI is InChI=1S/C12H21N5O/c13-12(4-2-1-3-5-12)10-11(18)14-6-8-17-9-7-15-16-17/h7,9H,1-6,8,10,13H2,(H,14,18). The summed E-state index contributed by atoms with van der Waals surface area (Å²) in [5, 5.41) is 10.4. The van der Waals surface area contributed by atoms with Crippen molar-refractivity contribution in [3.05, 3.63) is 12.4 Å². The molecule has 1 aliphatic carbocycles. The highest BCUT2D eigenvalue weighted by Gasteiger charge is 2.29. The van der Waals surface area contributed by atoms with E-state index >= 15 is 0 Å². The van der Waals surface area contributed by atoms with E-state index in [9.17, 15) is 4.79 Å². The number of carbonyl (C=O) groups is 1. The molecule has 1 aliphatic rings. The van der Waals surface area contributed by atoms with Crippen molar-refractivity contribution >= 4 is 5.91 Å². The number of rotatable bonds is 5. The van der Waals surface area contributed by atoms with Gasteiger partial charge in [-0.15, -0.1) is 5.10 Å². The zero-order valence-electron chi connectivity index (χ0n) is 10.6. The smallest absolute Gasteiger partial charge is 0.221 e. The van der Waals surface area contributed by atoms with Crippen molar-refractivity contribution in [3.63, 3.8) is 0 Å². The van der Waals surface area contributed by atoms with Crippen LogP contribution in [0, 0.1) is 0 Å². The molecule has 0 radical (unpaired) electrons. The van der Waals surface area contributed by atoms with Crippen LogP contribution in [0.5, 0.6) is 0 Å². The molecule has 2 rings (SSSR count). The number of nitrogens with two attached hydrogens (primary N) is 1. The Hall–Kier alpha value is -1.43. The predicted octanol–water partition coefficient (Wildman–Crippen LogP) is 0.446. The average Bonchev–Trinajstić information content (AvgIpc) is 2.82. The number of hydrogen-bond acceptors (Lipinski definition) is 4. The van der Waals surface area contributed by atoms with Crippen molar-refractivity contribution in [2.24, 2.45) is 5.73 Å². The number of nitrogens with zero attached hydrogens (tertiary/aromatic N) is 3. The van der Waals surface area contributed by atoms with Crippen LogP contribution in [0.2, 0.25) is 0 Å². The van der Waals surface area contributed by atoms with Crippen LogP contribution in [0.1, 0.15) is 38.5 Å². The van der Waals surface area contributed by atoms with E-state index in [2.05, 4.69) is 15.6 Å². The quantitative estimate of drug-likeness (QED) is 0.795. The molecule has 0 bridgehead atoms. The molecule has 0 unspecified atom stereocenters. The van der Waals surface area contributed by atoms with Crippen molar-refractivity contribution in [1.29, 1.82) is 0 Å². The zero-order chi connectivity index (χ0) is 12.8. The Morgan fingerprint density at radius 3 is 2.83 bits per heavy atom. The van der Waals surface area contributed by atoms with Crippen LogP contribution in [-0.4, -0.2) is 33.0 Å². The number of carbonyl (C=O) groups excluding carboxylic acids is 1. The van der Waals surface area contributed by atoms with E-state index in [1.54, 1.807) is 17.1 Å². The van der Waals surface area contributed by atoms with Gasteiger partial charge in [-0.25, -0.2) is 0 Å². The lowest BCUT2D eigenvalue weighted by molar-refractivity contribution is -0.122. The molecule has 6 nitrogen and oxygen atoms in total. The second-order valence-electron chi connectivity index (χ2n) is 5.12. The van der Waals surface area contributed by atoms with Gasteiger partial charge in [-0.3, -0.25) is 9.48 Å². The minimum Gasteiger partial charge on any atom is -0.354 e. The highest BCUT2D eigenvalue weighted by molar-refractivity contribution is 5.77. The van der Waals surface area contributed by atoms with Gasteiger partial charge in [-0.05, 0) is 12.8 Å². The fourth-order valence-corrected chi connectivity index (χ4v) is 2.48. The Morgan fingerprint density at radius 1 is 1.39 bits per heavy atom. The van der Waals surface area contributed by atoms with E-state index in [0.29, 0.717) is 19.5 Å². The summed E-state index contributed by atoms with van der Waals surface area (Å²) in [4.78, 5) is 11.8. The van der Waals surface area contributed by atoms with Crippen LogP contribution >= 0.6 is 0 Å². The fourth-order valence-electron chi connectivity index (χ4n) is 2.48. The van der Waals surface area contributed by atoms with Gasteiger partial charge in [-0.1, -0.05) is 24.5 Å². The van der Waals surface area contributed by atoms with E-state index in [-0.39, 0.29) is 11.4 Å². The maximum atomic E-state index is 11.8. The molecule has 1 fully saturated rings. The largest absolute Gasteiger partial charge is 0.354 e. The summed E-state index contributed by atoms with van der Waals surface area (Å²) >= 11 is 0. The van der Waals surface area contributed by atoms with E-state index in [0.717, 1.165) is 25.7 Å². The normalized spacial score (nSPS) is 18.5. The van der Waals surface area contributed by atoms with Crippen LogP contribution in [0.25, 0.3) is 0 Å². The van der Waals surface area contributed by atoms with Gasteiger partial charge in [0, 0.05) is 24.7 Å². The second kappa shape index (κ2) is 5.95. The maximum Gasteiger partial charge on any atom is 0.221 e. The third-order valence-electron chi connectivity index (χ3n) is 3.50. The molecule has 0 aliphatic heterocycles. The van der Waals surface area contributed by atoms with Gasteiger partial charge >= 0.3 is 0 Å². The SMILES string of the molecule is NC1(CC(=O)NCCn2ccnn2)CCCCC1. The Labute approximate surface area is 107 Å². The Morgan fingerprint density at radius 2 is 2.17 bits per heavy atom. The van der Waals surface area contributed by atoms with E-state index < -0.39 is 0 Å². The zero-order valence-corrected chi connectivity index (χ0v) is 10.6. The highest BCUT2D eigenvalue weighted by Crippen LogP contribution is 2.28. The molecule has 1 saturated carbocycles.